The standard InChI is InChI=1S/C14H21F2N3O2S.HI/c1-3-17-14(18-7-8-22(20,21)4-2)19-10-11-9-12(15)5-6-13(11)16;/h5-6,9H,3-4,7-8,10H2,1-2H3,(H2,17,18,19);1H. The number of halogens is 3. The molecule has 0 unspecified atom stereocenters. The maximum atomic E-state index is 13.5. The van der Waals surface area contributed by atoms with Gasteiger partial charge in [0.25, 0.3) is 0 Å². The highest BCUT2D eigenvalue weighted by Gasteiger charge is 2.08. The lowest BCUT2D eigenvalue weighted by Crippen LogP contribution is -2.39. The van der Waals surface area contributed by atoms with Crippen LogP contribution in [0.4, 0.5) is 8.78 Å². The third-order valence-corrected chi connectivity index (χ3v) is 4.61. The van der Waals surface area contributed by atoms with E-state index in [4.69, 9.17) is 0 Å². The molecule has 0 radical (unpaired) electrons. The number of nitrogens with zero attached hydrogens (tertiary/aromatic N) is 1. The van der Waals surface area contributed by atoms with E-state index in [2.05, 4.69) is 15.6 Å². The van der Waals surface area contributed by atoms with Crippen LogP contribution < -0.4 is 10.6 Å². The molecule has 0 spiro atoms. The van der Waals surface area contributed by atoms with E-state index in [1.165, 1.54) is 0 Å². The van der Waals surface area contributed by atoms with Crippen LogP contribution in [0.3, 0.4) is 0 Å². The zero-order valence-corrected chi connectivity index (χ0v) is 16.3. The molecule has 0 aliphatic carbocycles. The highest BCUT2D eigenvalue weighted by molar-refractivity contribution is 14.0. The lowest BCUT2D eigenvalue weighted by Gasteiger charge is -2.11. The van der Waals surface area contributed by atoms with Crippen LogP contribution in [0.2, 0.25) is 0 Å². The van der Waals surface area contributed by atoms with E-state index in [-0.39, 0.29) is 54.1 Å². The van der Waals surface area contributed by atoms with Gasteiger partial charge in [-0.15, -0.1) is 24.0 Å². The minimum absolute atomic E-state index is 0. The number of benzene rings is 1. The monoisotopic (exact) mass is 461 g/mol. The highest BCUT2D eigenvalue weighted by Crippen LogP contribution is 2.10. The molecule has 0 fully saturated rings. The Morgan fingerprint density at radius 1 is 1.22 bits per heavy atom. The summed E-state index contributed by atoms with van der Waals surface area (Å²) in [5, 5.41) is 5.78. The number of sulfone groups is 1. The molecule has 0 saturated carbocycles. The van der Waals surface area contributed by atoms with Crippen molar-refractivity contribution in [3.8, 4) is 0 Å². The number of hydrogen-bond donors (Lipinski definition) is 2. The van der Waals surface area contributed by atoms with Crippen molar-refractivity contribution in [2.75, 3.05) is 24.6 Å². The van der Waals surface area contributed by atoms with Gasteiger partial charge in [0.15, 0.2) is 15.8 Å². The van der Waals surface area contributed by atoms with Gasteiger partial charge in [-0.05, 0) is 25.1 Å². The lowest BCUT2D eigenvalue weighted by atomic mass is 10.2. The van der Waals surface area contributed by atoms with Gasteiger partial charge in [0, 0.05) is 24.4 Å². The zero-order valence-electron chi connectivity index (χ0n) is 13.1. The van der Waals surface area contributed by atoms with Crippen molar-refractivity contribution in [3.63, 3.8) is 0 Å². The van der Waals surface area contributed by atoms with Gasteiger partial charge in [0.05, 0.1) is 12.3 Å². The molecule has 1 aromatic rings. The molecule has 2 N–H and O–H groups in total. The van der Waals surface area contributed by atoms with Crippen LogP contribution >= 0.6 is 24.0 Å². The second kappa shape index (κ2) is 10.7. The van der Waals surface area contributed by atoms with Crippen LogP contribution in [-0.2, 0) is 16.4 Å². The van der Waals surface area contributed by atoms with Crippen molar-refractivity contribution < 1.29 is 17.2 Å². The lowest BCUT2D eigenvalue weighted by molar-refractivity contribution is 0.585. The summed E-state index contributed by atoms with van der Waals surface area (Å²) in [4.78, 5) is 4.12. The summed E-state index contributed by atoms with van der Waals surface area (Å²) in [6.07, 6.45) is 0. The van der Waals surface area contributed by atoms with Gasteiger partial charge in [0.1, 0.15) is 11.6 Å². The van der Waals surface area contributed by atoms with E-state index in [0.29, 0.717) is 12.5 Å². The number of nitrogens with one attached hydrogen (secondary N) is 2. The molecule has 132 valence electrons. The molecule has 0 atom stereocenters. The van der Waals surface area contributed by atoms with E-state index in [1.54, 1.807) is 6.92 Å². The van der Waals surface area contributed by atoms with E-state index >= 15 is 0 Å². The summed E-state index contributed by atoms with van der Waals surface area (Å²) >= 11 is 0. The van der Waals surface area contributed by atoms with Crippen molar-refractivity contribution in [1.29, 1.82) is 0 Å². The molecule has 5 nitrogen and oxygen atoms in total. The molecule has 0 aromatic heterocycles. The fraction of sp³-hybridized carbons (Fsp3) is 0.500. The first-order valence-electron chi connectivity index (χ1n) is 7.04. The van der Waals surface area contributed by atoms with E-state index < -0.39 is 21.5 Å². The van der Waals surface area contributed by atoms with Gasteiger partial charge in [-0.2, -0.15) is 0 Å². The van der Waals surface area contributed by atoms with Gasteiger partial charge in [-0.25, -0.2) is 22.2 Å². The minimum atomic E-state index is -3.06. The SMILES string of the molecule is CCNC(=NCc1cc(F)ccc1F)NCCS(=O)(=O)CC.I. The smallest absolute Gasteiger partial charge is 0.191 e. The molecule has 0 bridgehead atoms. The third-order valence-electron chi connectivity index (χ3n) is 2.90. The topological polar surface area (TPSA) is 70.6 Å². The third kappa shape index (κ3) is 8.45. The first-order chi connectivity index (χ1) is 10.4. The number of aliphatic imine (C=N–C) groups is 1. The van der Waals surface area contributed by atoms with Crippen LogP contribution in [-0.4, -0.2) is 39.0 Å². The van der Waals surface area contributed by atoms with Gasteiger partial charge < -0.3 is 10.6 Å². The van der Waals surface area contributed by atoms with Gasteiger partial charge in [-0.1, -0.05) is 6.92 Å². The summed E-state index contributed by atoms with van der Waals surface area (Å²) < 4.78 is 49.4. The molecule has 0 amide bonds. The molecule has 1 rings (SSSR count). The molecule has 0 saturated heterocycles. The summed E-state index contributed by atoms with van der Waals surface area (Å²) in [6.45, 7) is 4.16. The van der Waals surface area contributed by atoms with Gasteiger partial charge in [0.2, 0.25) is 0 Å². The first-order valence-corrected chi connectivity index (χ1v) is 8.86. The predicted molar refractivity (Wildman–Crippen MR) is 98.9 cm³/mol. The molecule has 9 heteroatoms. The number of rotatable bonds is 7. The Morgan fingerprint density at radius 2 is 1.91 bits per heavy atom. The van der Waals surface area contributed by atoms with E-state index in [9.17, 15) is 17.2 Å². The predicted octanol–water partition coefficient (Wildman–Crippen LogP) is 2.07. The molecule has 23 heavy (non-hydrogen) atoms. The molecular weight excluding hydrogens is 439 g/mol. The zero-order chi connectivity index (χ0) is 16.6. The quantitative estimate of drug-likeness (QED) is 0.371. The Hall–Kier alpha value is -0.970. The van der Waals surface area contributed by atoms with Crippen LogP contribution in [0.15, 0.2) is 23.2 Å². The minimum Gasteiger partial charge on any atom is -0.357 e. The summed E-state index contributed by atoms with van der Waals surface area (Å²) in [5.41, 5.74) is 0.137. The fourth-order valence-electron chi connectivity index (χ4n) is 1.64. The fourth-order valence-corrected chi connectivity index (χ4v) is 2.34. The molecule has 0 aliphatic heterocycles. The average Bonchev–Trinajstić information content (AvgIpc) is 2.47. The second-order valence-electron chi connectivity index (χ2n) is 4.59. The maximum absolute atomic E-state index is 13.5. The van der Waals surface area contributed by atoms with Crippen molar-refractivity contribution in [2.45, 2.75) is 20.4 Å². The Kier molecular flexibility index (Phi) is 10.3. The maximum Gasteiger partial charge on any atom is 0.191 e. The van der Waals surface area contributed by atoms with Crippen LogP contribution in [0.25, 0.3) is 0 Å². The highest BCUT2D eigenvalue weighted by atomic mass is 127. The summed E-state index contributed by atoms with van der Waals surface area (Å²) in [7, 11) is -3.06. The van der Waals surface area contributed by atoms with E-state index in [1.807, 2.05) is 6.92 Å². The second-order valence-corrected chi connectivity index (χ2v) is 7.07. The molecular formula is C14H22F2IN3O2S. The van der Waals surface area contributed by atoms with Gasteiger partial charge >= 0.3 is 0 Å². The summed E-state index contributed by atoms with van der Waals surface area (Å²) in [5.74, 6) is -0.635. The van der Waals surface area contributed by atoms with Crippen molar-refractivity contribution in [2.24, 2.45) is 4.99 Å². The molecule has 1 aromatic carbocycles. The first kappa shape index (κ1) is 22.0. The molecule has 0 aliphatic rings. The van der Waals surface area contributed by atoms with Crippen LogP contribution in [0.1, 0.15) is 19.4 Å². The van der Waals surface area contributed by atoms with Crippen molar-refractivity contribution >= 4 is 39.8 Å². The van der Waals surface area contributed by atoms with Crippen molar-refractivity contribution in [1.82, 2.24) is 10.6 Å². The molecule has 0 heterocycles. The Bertz CT molecular complexity index is 624. The van der Waals surface area contributed by atoms with Crippen molar-refractivity contribution in [3.05, 3.63) is 35.4 Å². The van der Waals surface area contributed by atoms with Crippen LogP contribution in [0, 0.1) is 11.6 Å². The Balaban J connectivity index is 0.00000484. The number of hydrogen-bond acceptors (Lipinski definition) is 3. The number of guanidine groups is 1. The Labute approximate surface area is 152 Å². The largest absolute Gasteiger partial charge is 0.357 e. The average molecular weight is 461 g/mol. The normalized spacial score (nSPS) is 11.7. The summed E-state index contributed by atoms with van der Waals surface area (Å²) in [6, 6.07) is 3.18. The van der Waals surface area contributed by atoms with E-state index in [0.717, 1.165) is 18.2 Å². The van der Waals surface area contributed by atoms with Gasteiger partial charge in [-0.3, -0.25) is 0 Å². The Morgan fingerprint density at radius 3 is 2.52 bits per heavy atom. The van der Waals surface area contributed by atoms with Crippen LogP contribution in [0.5, 0.6) is 0 Å².